The summed E-state index contributed by atoms with van der Waals surface area (Å²) < 4.78 is 0. The molecule has 1 aromatic rings. The summed E-state index contributed by atoms with van der Waals surface area (Å²) in [5.74, 6) is -0.448. The summed E-state index contributed by atoms with van der Waals surface area (Å²) in [6.45, 7) is 3.30. The van der Waals surface area contributed by atoms with Crippen LogP contribution in [0.15, 0.2) is 29.3 Å². The van der Waals surface area contributed by atoms with Crippen molar-refractivity contribution in [3.8, 4) is 0 Å². The maximum Gasteiger partial charge on any atom is 0.252 e. The first-order valence-electron chi connectivity index (χ1n) is 6.25. The van der Waals surface area contributed by atoms with E-state index in [-0.39, 0.29) is 11.8 Å². The van der Waals surface area contributed by atoms with Gasteiger partial charge in [-0.2, -0.15) is 0 Å². The highest BCUT2D eigenvalue weighted by molar-refractivity contribution is 6.34. The van der Waals surface area contributed by atoms with Gasteiger partial charge in [0.05, 0.1) is 10.6 Å². The molecule has 6 heteroatoms. The summed E-state index contributed by atoms with van der Waals surface area (Å²) >= 11 is 5.96. The van der Waals surface area contributed by atoms with E-state index in [1.807, 2.05) is 0 Å². The molecule has 2 amide bonds. The molecule has 20 heavy (non-hydrogen) atoms. The normalized spacial score (nSPS) is 13.4. The largest absolute Gasteiger partial charge is 0.355 e. The number of rotatable bonds is 3. The third-order valence-corrected chi connectivity index (χ3v) is 3.57. The molecule has 5 nitrogen and oxygen atoms in total. The SMILES string of the molecule is CNC(=O)c1cc(NC(=O)C(C)=C2CNC2)ccc1Cl. The fourth-order valence-electron chi connectivity index (χ4n) is 1.81. The molecule has 1 saturated heterocycles. The van der Waals surface area contributed by atoms with Crippen LogP contribution in [0.4, 0.5) is 5.69 Å². The highest BCUT2D eigenvalue weighted by Gasteiger charge is 2.17. The Balaban J connectivity index is 2.18. The predicted molar refractivity (Wildman–Crippen MR) is 79.0 cm³/mol. The second-order valence-corrected chi connectivity index (χ2v) is 4.97. The Hall–Kier alpha value is -1.85. The second kappa shape index (κ2) is 6.07. The first-order valence-corrected chi connectivity index (χ1v) is 6.63. The zero-order chi connectivity index (χ0) is 14.7. The highest BCUT2D eigenvalue weighted by Crippen LogP contribution is 2.21. The molecule has 0 aromatic heterocycles. The van der Waals surface area contributed by atoms with Gasteiger partial charge in [-0.3, -0.25) is 9.59 Å². The Morgan fingerprint density at radius 3 is 2.55 bits per heavy atom. The monoisotopic (exact) mass is 293 g/mol. The van der Waals surface area contributed by atoms with E-state index in [1.54, 1.807) is 25.1 Å². The minimum atomic E-state index is -0.288. The van der Waals surface area contributed by atoms with Crippen LogP contribution >= 0.6 is 11.6 Å². The number of nitrogens with one attached hydrogen (secondary N) is 3. The van der Waals surface area contributed by atoms with Crippen molar-refractivity contribution in [1.29, 1.82) is 0 Å². The standard InChI is InChI=1S/C14H16ClN3O2/c1-8(9-6-17-7-9)13(19)18-10-3-4-12(15)11(5-10)14(20)16-2/h3-5,17H,6-7H2,1-2H3,(H,16,20)(H,18,19). The van der Waals surface area contributed by atoms with Gasteiger partial charge in [0.1, 0.15) is 0 Å². The van der Waals surface area contributed by atoms with Crippen molar-refractivity contribution in [3.63, 3.8) is 0 Å². The zero-order valence-electron chi connectivity index (χ0n) is 11.3. The van der Waals surface area contributed by atoms with Gasteiger partial charge in [-0.25, -0.2) is 0 Å². The Bertz CT molecular complexity index is 590. The molecule has 3 N–H and O–H groups in total. The van der Waals surface area contributed by atoms with Gasteiger partial charge < -0.3 is 16.0 Å². The summed E-state index contributed by atoms with van der Waals surface area (Å²) in [4.78, 5) is 23.7. The molecule has 0 unspecified atom stereocenters. The van der Waals surface area contributed by atoms with Crippen LogP contribution in [0.3, 0.4) is 0 Å². The van der Waals surface area contributed by atoms with E-state index in [1.165, 1.54) is 7.05 Å². The van der Waals surface area contributed by atoms with E-state index in [0.717, 1.165) is 18.7 Å². The van der Waals surface area contributed by atoms with Crippen LogP contribution < -0.4 is 16.0 Å². The number of halogens is 1. The van der Waals surface area contributed by atoms with Gasteiger partial charge >= 0.3 is 0 Å². The number of carbonyl (C=O) groups is 2. The molecule has 0 saturated carbocycles. The van der Waals surface area contributed by atoms with Crippen LogP contribution in [0.25, 0.3) is 0 Å². The van der Waals surface area contributed by atoms with E-state index < -0.39 is 0 Å². The van der Waals surface area contributed by atoms with Gasteiger partial charge in [0, 0.05) is 31.4 Å². The van der Waals surface area contributed by atoms with Crippen molar-refractivity contribution in [3.05, 3.63) is 39.9 Å². The zero-order valence-corrected chi connectivity index (χ0v) is 12.1. The smallest absolute Gasteiger partial charge is 0.252 e. The van der Waals surface area contributed by atoms with Crippen molar-refractivity contribution in [2.75, 3.05) is 25.5 Å². The molecular weight excluding hydrogens is 278 g/mol. The van der Waals surface area contributed by atoms with Crippen LogP contribution in [-0.2, 0) is 4.79 Å². The molecule has 1 heterocycles. The lowest BCUT2D eigenvalue weighted by atomic mass is 10.0. The number of amides is 2. The molecule has 0 spiro atoms. The average Bonchev–Trinajstić information content (AvgIpc) is 2.38. The van der Waals surface area contributed by atoms with Crippen molar-refractivity contribution < 1.29 is 9.59 Å². The van der Waals surface area contributed by atoms with Gasteiger partial charge in [-0.05, 0) is 30.7 Å². The van der Waals surface area contributed by atoms with Gasteiger partial charge in [-0.15, -0.1) is 0 Å². The van der Waals surface area contributed by atoms with Crippen LogP contribution in [-0.4, -0.2) is 32.0 Å². The fourth-order valence-corrected chi connectivity index (χ4v) is 2.02. The molecule has 0 aliphatic carbocycles. The summed E-state index contributed by atoms with van der Waals surface area (Å²) in [6, 6.07) is 4.83. The number of carbonyl (C=O) groups excluding carboxylic acids is 2. The molecule has 1 aliphatic heterocycles. The van der Waals surface area contributed by atoms with E-state index in [4.69, 9.17) is 11.6 Å². The molecule has 0 atom stereocenters. The molecule has 1 aliphatic rings. The van der Waals surface area contributed by atoms with E-state index in [9.17, 15) is 9.59 Å². The topological polar surface area (TPSA) is 70.2 Å². The maximum atomic E-state index is 12.1. The fraction of sp³-hybridized carbons (Fsp3) is 0.286. The summed E-state index contributed by atoms with van der Waals surface area (Å²) in [5, 5.41) is 8.72. The molecule has 0 radical (unpaired) electrons. The van der Waals surface area contributed by atoms with Gasteiger partial charge in [-0.1, -0.05) is 11.6 Å². The minimum absolute atomic E-state index is 0.160. The van der Waals surface area contributed by atoms with Crippen LogP contribution in [0.1, 0.15) is 17.3 Å². The summed E-state index contributed by atoms with van der Waals surface area (Å²) in [6.07, 6.45) is 0. The lowest BCUT2D eigenvalue weighted by Crippen LogP contribution is -2.36. The molecule has 106 valence electrons. The second-order valence-electron chi connectivity index (χ2n) is 4.56. The Morgan fingerprint density at radius 2 is 2.00 bits per heavy atom. The van der Waals surface area contributed by atoms with Crippen molar-refractivity contribution in [2.45, 2.75) is 6.92 Å². The third kappa shape index (κ3) is 3.00. The quantitative estimate of drug-likeness (QED) is 0.741. The molecule has 2 rings (SSSR count). The Kier molecular flexibility index (Phi) is 4.42. The van der Waals surface area contributed by atoms with Gasteiger partial charge in [0.2, 0.25) is 0 Å². The Labute approximate surface area is 122 Å². The first-order chi connectivity index (χ1) is 9.52. The van der Waals surface area contributed by atoms with Gasteiger partial charge in [0.15, 0.2) is 0 Å². The van der Waals surface area contributed by atoms with E-state index >= 15 is 0 Å². The summed E-state index contributed by atoms with van der Waals surface area (Å²) in [7, 11) is 1.53. The minimum Gasteiger partial charge on any atom is -0.355 e. The first kappa shape index (κ1) is 14.6. The Morgan fingerprint density at radius 1 is 1.30 bits per heavy atom. The predicted octanol–water partition coefficient (Wildman–Crippen LogP) is 1.56. The van der Waals surface area contributed by atoms with E-state index in [0.29, 0.717) is 21.8 Å². The van der Waals surface area contributed by atoms with Crippen LogP contribution in [0.2, 0.25) is 5.02 Å². The summed E-state index contributed by atoms with van der Waals surface area (Å²) in [5.41, 5.74) is 2.69. The molecule has 1 fully saturated rings. The molecular formula is C14H16ClN3O2. The number of anilines is 1. The molecule has 0 bridgehead atoms. The number of hydrogen-bond donors (Lipinski definition) is 3. The van der Waals surface area contributed by atoms with Crippen molar-refractivity contribution >= 4 is 29.1 Å². The van der Waals surface area contributed by atoms with Gasteiger partial charge in [0.25, 0.3) is 11.8 Å². The van der Waals surface area contributed by atoms with Crippen LogP contribution in [0.5, 0.6) is 0 Å². The van der Waals surface area contributed by atoms with Crippen molar-refractivity contribution in [1.82, 2.24) is 10.6 Å². The van der Waals surface area contributed by atoms with Crippen LogP contribution in [0, 0.1) is 0 Å². The average molecular weight is 294 g/mol. The molecule has 1 aromatic carbocycles. The number of benzene rings is 1. The third-order valence-electron chi connectivity index (χ3n) is 3.24. The number of hydrogen-bond acceptors (Lipinski definition) is 3. The lowest BCUT2D eigenvalue weighted by Gasteiger charge is -2.21. The lowest BCUT2D eigenvalue weighted by molar-refractivity contribution is -0.112. The van der Waals surface area contributed by atoms with Crippen molar-refractivity contribution in [2.24, 2.45) is 0 Å². The van der Waals surface area contributed by atoms with E-state index in [2.05, 4.69) is 16.0 Å². The maximum absolute atomic E-state index is 12.1. The highest BCUT2D eigenvalue weighted by atomic mass is 35.5.